The highest BCUT2D eigenvalue weighted by atomic mass is 16.5. The Morgan fingerprint density at radius 3 is 3.00 bits per heavy atom. The van der Waals surface area contributed by atoms with E-state index in [1.807, 2.05) is 21.8 Å². The van der Waals surface area contributed by atoms with Crippen LogP contribution in [0.15, 0.2) is 42.7 Å². The van der Waals surface area contributed by atoms with Gasteiger partial charge in [0, 0.05) is 25.5 Å². The number of piperidine rings is 1. The second-order valence-corrected chi connectivity index (χ2v) is 5.93. The van der Waals surface area contributed by atoms with Crippen LogP contribution in [0, 0.1) is 11.3 Å². The van der Waals surface area contributed by atoms with Gasteiger partial charge in [-0.2, -0.15) is 10.4 Å². The number of para-hydroxylation sites is 1. The van der Waals surface area contributed by atoms with Gasteiger partial charge in [0.2, 0.25) is 0 Å². The second kappa shape index (κ2) is 7.18. The van der Waals surface area contributed by atoms with Crippen molar-refractivity contribution in [3.05, 3.63) is 48.3 Å². The molecule has 1 amide bonds. The van der Waals surface area contributed by atoms with Crippen molar-refractivity contribution in [3.63, 3.8) is 0 Å². The molecule has 1 aromatic heterocycles. The number of amides is 1. The monoisotopic (exact) mass is 324 g/mol. The van der Waals surface area contributed by atoms with Gasteiger partial charge < -0.3 is 9.64 Å². The zero-order valence-corrected chi connectivity index (χ0v) is 13.6. The summed E-state index contributed by atoms with van der Waals surface area (Å²) in [6.07, 6.45) is 5.01. The predicted octanol–water partition coefficient (Wildman–Crippen LogP) is 2.39. The van der Waals surface area contributed by atoms with E-state index >= 15 is 0 Å². The first kappa shape index (κ1) is 16.1. The highest BCUT2D eigenvalue weighted by Crippen LogP contribution is 2.23. The average molecular weight is 324 g/mol. The number of hydrogen-bond donors (Lipinski definition) is 0. The molecule has 0 radical (unpaired) electrons. The van der Waals surface area contributed by atoms with E-state index in [1.54, 1.807) is 37.4 Å². The number of ether oxygens (including phenoxy) is 1. The minimum Gasteiger partial charge on any atom is -0.480 e. The molecule has 2 heterocycles. The maximum atomic E-state index is 12.7. The molecule has 0 bridgehead atoms. The topological polar surface area (TPSA) is 71.2 Å². The van der Waals surface area contributed by atoms with E-state index in [9.17, 15) is 4.79 Å². The molecular formula is C18H20N4O2. The molecule has 0 N–H and O–H groups in total. The molecule has 1 saturated heterocycles. The van der Waals surface area contributed by atoms with E-state index in [0.717, 1.165) is 19.4 Å². The summed E-state index contributed by atoms with van der Waals surface area (Å²) in [6.45, 7) is 3.09. The van der Waals surface area contributed by atoms with Crippen LogP contribution in [0.5, 0.6) is 5.75 Å². The number of carbonyl (C=O) groups is 1. The fourth-order valence-electron chi connectivity index (χ4n) is 3.03. The van der Waals surface area contributed by atoms with Gasteiger partial charge in [0.15, 0.2) is 6.10 Å². The van der Waals surface area contributed by atoms with Crippen molar-refractivity contribution in [1.82, 2.24) is 14.7 Å². The normalized spacial score (nSPS) is 18.7. The summed E-state index contributed by atoms with van der Waals surface area (Å²) in [4.78, 5) is 14.5. The lowest BCUT2D eigenvalue weighted by Crippen LogP contribution is -2.46. The van der Waals surface area contributed by atoms with Crippen LogP contribution in [0.3, 0.4) is 0 Å². The summed E-state index contributed by atoms with van der Waals surface area (Å²) in [6, 6.07) is 11.1. The summed E-state index contributed by atoms with van der Waals surface area (Å²) in [5.74, 6) is 0.390. The van der Waals surface area contributed by atoms with E-state index in [2.05, 4.69) is 11.2 Å². The van der Waals surface area contributed by atoms with Gasteiger partial charge in [-0.3, -0.25) is 9.48 Å². The van der Waals surface area contributed by atoms with Crippen molar-refractivity contribution in [1.29, 1.82) is 5.26 Å². The fourth-order valence-corrected chi connectivity index (χ4v) is 3.03. The van der Waals surface area contributed by atoms with Crippen LogP contribution in [-0.4, -0.2) is 39.8 Å². The Morgan fingerprint density at radius 2 is 2.25 bits per heavy atom. The first-order valence-electron chi connectivity index (χ1n) is 8.12. The lowest BCUT2D eigenvalue weighted by Gasteiger charge is -2.34. The maximum Gasteiger partial charge on any atom is 0.263 e. The number of benzene rings is 1. The van der Waals surface area contributed by atoms with E-state index in [0.29, 0.717) is 17.9 Å². The number of rotatable bonds is 4. The van der Waals surface area contributed by atoms with Gasteiger partial charge in [-0.05, 0) is 38.0 Å². The molecule has 6 heteroatoms. The standard InChI is InChI=1S/C18H20N4O2/c1-14(24-17-8-3-2-6-15(17)12-19)18(23)21-10-4-7-16(13-21)22-11-5-9-20-22/h2-3,5-6,8-9,11,14,16H,4,7,10,13H2,1H3/t14-,16+/m0/s1. The molecule has 1 aliphatic heterocycles. The second-order valence-electron chi connectivity index (χ2n) is 5.93. The Morgan fingerprint density at radius 1 is 1.42 bits per heavy atom. The van der Waals surface area contributed by atoms with Crippen molar-refractivity contribution in [2.45, 2.75) is 31.9 Å². The Bertz CT molecular complexity index is 736. The van der Waals surface area contributed by atoms with Crippen LogP contribution in [-0.2, 0) is 4.79 Å². The molecule has 6 nitrogen and oxygen atoms in total. The van der Waals surface area contributed by atoms with E-state index in [4.69, 9.17) is 10.00 Å². The molecule has 3 rings (SSSR count). The minimum atomic E-state index is -0.629. The van der Waals surface area contributed by atoms with Crippen LogP contribution in [0.2, 0.25) is 0 Å². The summed E-state index contributed by atoms with van der Waals surface area (Å²) in [5, 5.41) is 13.4. The molecule has 0 aliphatic carbocycles. The van der Waals surface area contributed by atoms with Crippen LogP contribution in [0.4, 0.5) is 0 Å². The molecule has 1 aromatic carbocycles. The van der Waals surface area contributed by atoms with Gasteiger partial charge in [0.25, 0.3) is 5.91 Å². The fraction of sp³-hybridized carbons (Fsp3) is 0.389. The number of aromatic nitrogens is 2. The Kier molecular flexibility index (Phi) is 4.80. The number of hydrogen-bond acceptors (Lipinski definition) is 4. The zero-order valence-electron chi connectivity index (χ0n) is 13.6. The lowest BCUT2D eigenvalue weighted by molar-refractivity contribution is -0.139. The highest BCUT2D eigenvalue weighted by molar-refractivity contribution is 5.81. The van der Waals surface area contributed by atoms with E-state index < -0.39 is 6.10 Å². The third-order valence-corrected chi connectivity index (χ3v) is 4.27. The summed E-state index contributed by atoms with van der Waals surface area (Å²) >= 11 is 0. The molecule has 2 atom stereocenters. The number of carbonyl (C=O) groups excluding carboxylic acids is 1. The quantitative estimate of drug-likeness (QED) is 0.866. The van der Waals surface area contributed by atoms with Crippen LogP contribution in [0.25, 0.3) is 0 Å². The SMILES string of the molecule is C[C@H](Oc1ccccc1C#N)C(=O)N1CCC[C@@H](n2cccn2)C1. The first-order chi connectivity index (χ1) is 11.7. The average Bonchev–Trinajstić information content (AvgIpc) is 3.16. The van der Waals surface area contributed by atoms with Crippen LogP contribution < -0.4 is 4.74 Å². The van der Waals surface area contributed by atoms with Gasteiger partial charge in [0.1, 0.15) is 11.8 Å². The molecule has 24 heavy (non-hydrogen) atoms. The minimum absolute atomic E-state index is 0.0559. The van der Waals surface area contributed by atoms with Gasteiger partial charge in [-0.1, -0.05) is 12.1 Å². The predicted molar refractivity (Wildman–Crippen MR) is 88.3 cm³/mol. The molecular weight excluding hydrogens is 304 g/mol. The molecule has 0 unspecified atom stereocenters. The lowest BCUT2D eigenvalue weighted by atomic mass is 10.1. The molecule has 124 valence electrons. The third-order valence-electron chi connectivity index (χ3n) is 4.27. The van der Waals surface area contributed by atoms with Crippen LogP contribution in [0.1, 0.15) is 31.4 Å². The summed E-state index contributed by atoms with van der Waals surface area (Å²) in [7, 11) is 0. The van der Waals surface area contributed by atoms with E-state index in [-0.39, 0.29) is 11.9 Å². The van der Waals surface area contributed by atoms with Crippen molar-refractivity contribution >= 4 is 5.91 Å². The Labute approximate surface area is 141 Å². The molecule has 0 spiro atoms. The summed E-state index contributed by atoms with van der Waals surface area (Å²) in [5.41, 5.74) is 0.435. The van der Waals surface area contributed by atoms with Crippen molar-refractivity contribution < 1.29 is 9.53 Å². The molecule has 2 aromatic rings. The van der Waals surface area contributed by atoms with Crippen molar-refractivity contribution in [3.8, 4) is 11.8 Å². The maximum absolute atomic E-state index is 12.7. The van der Waals surface area contributed by atoms with Crippen molar-refractivity contribution in [2.75, 3.05) is 13.1 Å². The molecule has 1 fully saturated rings. The Hall–Kier alpha value is -2.81. The molecule has 0 saturated carbocycles. The number of likely N-dealkylation sites (tertiary alicyclic amines) is 1. The summed E-state index contributed by atoms with van der Waals surface area (Å²) < 4.78 is 7.65. The third kappa shape index (κ3) is 3.40. The van der Waals surface area contributed by atoms with E-state index in [1.165, 1.54) is 0 Å². The number of nitriles is 1. The van der Waals surface area contributed by atoms with Gasteiger partial charge in [-0.15, -0.1) is 0 Å². The zero-order chi connectivity index (χ0) is 16.9. The Balaban J connectivity index is 1.66. The van der Waals surface area contributed by atoms with Gasteiger partial charge >= 0.3 is 0 Å². The van der Waals surface area contributed by atoms with Crippen LogP contribution >= 0.6 is 0 Å². The van der Waals surface area contributed by atoms with Crippen molar-refractivity contribution in [2.24, 2.45) is 0 Å². The largest absolute Gasteiger partial charge is 0.480 e. The number of nitrogens with zero attached hydrogens (tertiary/aromatic N) is 4. The smallest absolute Gasteiger partial charge is 0.263 e. The van der Waals surface area contributed by atoms with Gasteiger partial charge in [-0.25, -0.2) is 0 Å². The highest BCUT2D eigenvalue weighted by Gasteiger charge is 2.29. The van der Waals surface area contributed by atoms with Gasteiger partial charge in [0.05, 0.1) is 11.6 Å². The first-order valence-corrected chi connectivity index (χ1v) is 8.12. The molecule has 1 aliphatic rings.